The van der Waals surface area contributed by atoms with Gasteiger partial charge in [-0.25, -0.2) is 0 Å². The normalized spacial score (nSPS) is 23.0. The van der Waals surface area contributed by atoms with Gasteiger partial charge in [-0.15, -0.1) is 0 Å². The van der Waals surface area contributed by atoms with E-state index in [2.05, 4.69) is 24.1 Å². The van der Waals surface area contributed by atoms with Gasteiger partial charge in [0, 0.05) is 23.8 Å². The predicted octanol–water partition coefficient (Wildman–Crippen LogP) is 4.11. The largest absolute Gasteiger partial charge is 0.506 e. The molecule has 1 aliphatic rings. The van der Waals surface area contributed by atoms with Gasteiger partial charge in [-0.2, -0.15) is 0 Å². The van der Waals surface area contributed by atoms with Crippen LogP contribution >= 0.6 is 11.6 Å². The van der Waals surface area contributed by atoms with Crippen molar-refractivity contribution in [1.29, 1.82) is 0 Å². The first-order valence-corrected chi connectivity index (χ1v) is 8.01. The molecule has 1 saturated carbocycles. The highest BCUT2D eigenvalue weighted by Gasteiger charge is 2.24. The Kier molecular flexibility index (Phi) is 5.55. The molecule has 0 atom stereocenters. The van der Waals surface area contributed by atoms with Crippen molar-refractivity contribution in [2.24, 2.45) is 0 Å². The van der Waals surface area contributed by atoms with E-state index in [1.165, 1.54) is 25.7 Å². The van der Waals surface area contributed by atoms with E-state index in [0.717, 1.165) is 24.8 Å². The van der Waals surface area contributed by atoms with Crippen LogP contribution in [-0.2, 0) is 0 Å². The summed E-state index contributed by atoms with van der Waals surface area (Å²) in [5.41, 5.74) is 0.957. The zero-order chi connectivity index (χ0) is 14.5. The maximum atomic E-state index is 9.63. The van der Waals surface area contributed by atoms with E-state index in [1.54, 1.807) is 12.1 Å². The summed E-state index contributed by atoms with van der Waals surface area (Å²) in [6, 6.07) is 6.61. The summed E-state index contributed by atoms with van der Waals surface area (Å²) in [5.74, 6) is 0.147. The van der Waals surface area contributed by atoms with Gasteiger partial charge >= 0.3 is 0 Å². The van der Waals surface area contributed by atoms with Gasteiger partial charge in [-0.3, -0.25) is 0 Å². The van der Waals surface area contributed by atoms with Crippen molar-refractivity contribution in [2.45, 2.75) is 51.6 Å². The van der Waals surface area contributed by atoms with Crippen molar-refractivity contribution < 1.29 is 5.11 Å². The van der Waals surface area contributed by atoms with Crippen molar-refractivity contribution in [3.8, 4) is 5.75 Å². The summed E-state index contributed by atoms with van der Waals surface area (Å²) in [7, 11) is 0. The molecule has 3 nitrogen and oxygen atoms in total. The summed E-state index contributed by atoms with van der Waals surface area (Å²) >= 11 is 5.83. The molecule has 0 aromatic heterocycles. The summed E-state index contributed by atoms with van der Waals surface area (Å²) in [4.78, 5) is 2.56. The number of hydrogen-bond donors (Lipinski definition) is 2. The van der Waals surface area contributed by atoms with Crippen LogP contribution in [0.1, 0.15) is 39.5 Å². The minimum Gasteiger partial charge on any atom is -0.506 e. The van der Waals surface area contributed by atoms with Gasteiger partial charge < -0.3 is 15.3 Å². The van der Waals surface area contributed by atoms with Gasteiger partial charge in [-0.1, -0.05) is 25.4 Å². The first-order chi connectivity index (χ1) is 9.63. The fourth-order valence-electron chi connectivity index (χ4n) is 3.16. The Morgan fingerprint density at radius 3 is 2.40 bits per heavy atom. The molecule has 20 heavy (non-hydrogen) atoms. The van der Waals surface area contributed by atoms with Gasteiger partial charge in [-0.05, 0) is 50.9 Å². The molecule has 0 unspecified atom stereocenters. The molecule has 0 radical (unpaired) electrons. The van der Waals surface area contributed by atoms with E-state index in [9.17, 15) is 5.11 Å². The molecule has 0 heterocycles. The number of phenolic OH excluding ortho intramolecular Hbond substituents is 1. The summed E-state index contributed by atoms with van der Waals surface area (Å²) in [5, 5.41) is 13.5. The van der Waals surface area contributed by atoms with Crippen molar-refractivity contribution in [1.82, 2.24) is 4.90 Å². The monoisotopic (exact) mass is 296 g/mol. The summed E-state index contributed by atoms with van der Waals surface area (Å²) < 4.78 is 0. The average molecular weight is 297 g/mol. The predicted molar refractivity (Wildman–Crippen MR) is 85.7 cm³/mol. The maximum absolute atomic E-state index is 9.63. The molecule has 1 aliphatic carbocycles. The molecule has 1 aromatic rings. The van der Waals surface area contributed by atoms with Crippen LogP contribution in [0.2, 0.25) is 5.02 Å². The smallest absolute Gasteiger partial charge is 0.136 e. The molecule has 1 aromatic carbocycles. The number of hydrogen-bond acceptors (Lipinski definition) is 3. The van der Waals surface area contributed by atoms with Gasteiger partial charge in [0.1, 0.15) is 5.75 Å². The highest BCUT2D eigenvalue weighted by atomic mass is 35.5. The SMILES string of the molecule is CCN(CC)C1CCC(Nc2ccc(Cl)c(O)c2)CC1. The number of aromatic hydroxyl groups is 1. The minimum absolute atomic E-state index is 0.147. The Morgan fingerprint density at radius 2 is 1.85 bits per heavy atom. The molecule has 2 N–H and O–H groups in total. The van der Waals surface area contributed by atoms with Crippen LogP contribution in [0.25, 0.3) is 0 Å². The second-order valence-electron chi connectivity index (χ2n) is 5.54. The first kappa shape index (κ1) is 15.5. The van der Waals surface area contributed by atoms with E-state index in [0.29, 0.717) is 11.1 Å². The van der Waals surface area contributed by atoms with Crippen molar-refractivity contribution in [3.63, 3.8) is 0 Å². The van der Waals surface area contributed by atoms with Crippen molar-refractivity contribution >= 4 is 17.3 Å². The number of nitrogens with zero attached hydrogens (tertiary/aromatic N) is 1. The van der Waals surface area contributed by atoms with E-state index < -0.39 is 0 Å². The second kappa shape index (κ2) is 7.19. The molecule has 0 aliphatic heterocycles. The Balaban J connectivity index is 1.86. The topological polar surface area (TPSA) is 35.5 Å². The van der Waals surface area contributed by atoms with Crippen LogP contribution in [0.5, 0.6) is 5.75 Å². The van der Waals surface area contributed by atoms with Gasteiger partial charge in [0.05, 0.1) is 5.02 Å². The lowest BCUT2D eigenvalue weighted by molar-refractivity contribution is 0.167. The highest BCUT2D eigenvalue weighted by Crippen LogP contribution is 2.29. The van der Waals surface area contributed by atoms with Gasteiger partial charge in [0.15, 0.2) is 0 Å². The van der Waals surface area contributed by atoms with Crippen molar-refractivity contribution in [3.05, 3.63) is 23.2 Å². The Morgan fingerprint density at radius 1 is 1.20 bits per heavy atom. The third-order valence-electron chi connectivity index (χ3n) is 4.34. The van der Waals surface area contributed by atoms with Crippen LogP contribution in [0.3, 0.4) is 0 Å². The van der Waals surface area contributed by atoms with Crippen LogP contribution in [0, 0.1) is 0 Å². The standard InChI is InChI=1S/C16H25ClN2O/c1-3-19(4-2)14-8-5-12(6-9-14)18-13-7-10-15(17)16(20)11-13/h7,10-12,14,18,20H,3-6,8-9H2,1-2H3. The fourth-order valence-corrected chi connectivity index (χ4v) is 3.28. The Bertz CT molecular complexity index is 426. The zero-order valence-electron chi connectivity index (χ0n) is 12.4. The number of phenols is 1. The van der Waals surface area contributed by atoms with Crippen LogP contribution in [0.15, 0.2) is 18.2 Å². The molecular weight excluding hydrogens is 272 g/mol. The third kappa shape index (κ3) is 3.80. The number of rotatable bonds is 5. The molecule has 0 bridgehead atoms. The van der Waals surface area contributed by atoms with Crippen LogP contribution in [0.4, 0.5) is 5.69 Å². The molecular formula is C16H25ClN2O. The van der Waals surface area contributed by atoms with Gasteiger partial charge in [0.2, 0.25) is 0 Å². The van der Waals surface area contributed by atoms with E-state index in [1.807, 2.05) is 6.07 Å². The lowest BCUT2D eigenvalue weighted by Crippen LogP contribution is -2.40. The number of benzene rings is 1. The second-order valence-corrected chi connectivity index (χ2v) is 5.94. The molecule has 0 spiro atoms. The van der Waals surface area contributed by atoms with Gasteiger partial charge in [0.25, 0.3) is 0 Å². The minimum atomic E-state index is 0.147. The quantitative estimate of drug-likeness (QED) is 0.858. The average Bonchev–Trinajstić information content (AvgIpc) is 2.46. The number of nitrogens with one attached hydrogen (secondary N) is 1. The first-order valence-electron chi connectivity index (χ1n) is 7.63. The summed E-state index contributed by atoms with van der Waals surface area (Å²) in [6.45, 7) is 6.77. The molecule has 0 amide bonds. The lowest BCUT2D eigenvalue weighted by atomic mass is 9.90. The summed E-state index contributed by atoms with van der Waals surface area (Å²) in [6.07, 6.45) is 4.87. The molecule has 4 heteroatoms. The highest BCUT2D eigenvalue weighted by molar-refractivity contribution is 6.32. The molecule has 0 saturated heterocycles. The molecule has 112 valence electrons. The van der Waals surface area contributed by atoms with Crippen LogP contribution < -0.4 is 5.32 Å². The van der Waals surface area contributed by atoms with E-state index >= 15 is 0 Å². The Labute approximate surface area is 126 Å². The van der Waals surface area contributed by atoms with Crippen LogP contribution in [-0.4, -0.2) is 35.2 Å². The molecule has 1 fully saturated rings. The number of halogens is 1. The number of anilines is 1. The third-order valence-corrected chi connectivity index (χ3v) is 4.66. The van der Waals surface area contributed by atoms with Crippen molar-refractivity contribution in [2.75, 3.05) is 18.4 Å². The van der Waals surface area contributed by atoms with E-state index in [4.69, 9.17) is 11.6 Å². The maximum Gasteiger partial charge on any atom is 0.136 e. The fraction of sp³-hybridized carbons (Fsp3) is 0.625. The molecule has 2 rings (SSSR count). The Hall–Kier alpha value is -0.930. The zero-order valence-corrected chi connectivity index (χ0v) is 13.2. The van der Waals surface area contributed by atoms with E-state index in [-0.39, 0.29) is 5.75 Å². The lowest BCUT2D eigenvalue weighted by Gasteiger charge is -2.36.